The summed E-state index contributed by atoms with van der Waals surface area (Å²) in [5, 5.41) is 3.76. The topological polar surface area (TPSA) is 71.8 Å². The van der Waals surface area contributed by atoms with Gasteiger partial charge < -0.3 is 9.64 Å². The smallest absolute Gasteiger partial charge is 0.257 e. The summed E-state index contributed by atoms with van der Waals surface area (Å²) in [6.45, 7) is 4.56. The summed E-state index contributed by atoms with van der Waals surface area (Å²) in [7, 11) is 0. The van der Waals surface area contributed by atoms with Crippen LogP contribution in [0.2, 0.25) is 5.02 Å². The molecule has 0 radical (unpaired) electrons. The molecule has 0 bridgehead atoms. The Balaban J connectivity index is 1.85. The number of halogens is 1. The van der Waals surface area contributed by atoms with Crippen LogP contribution in [0, 0.1) is 6.92 Å². The molecule has 0 amide bonds. The van der Waals surface area contributed by atoms with Gasteiger partial charge >= 0.3 is 0 Å². The zero-order chi connectivity index (χ0) is 17.4. The fourth-order valence-corrected chi connectivity index (χ4v) is 3.30. The van der Waals surface area contributed by atoms with Gasteiger partial charge in [0.1, 0.15) is 0 Å². The van der Waals surface area contributed by atoms with Gasteiger partial charge in [0.05, 0.1) is 13.2 Å². The van der Waals surface area contributed by atoms with Crippen LogP contribution in [0.4, 0.5) is 5.95 Å². The first-order chi connectivity index (χ1) is 12.1. The van der Waals surface area contributed by atoms with Crippen molar-refractivity contribution < 1.29 is 4.74 Å². The summed E-state index contributed by atoms with van der Waals surface area (Å²) in [5.74, 6) is 1.16. The highest BCUT2D eigenvalue weighted by molar-refractivity contribution is 6.31. The average molecular weight is 360 g/mol. The molecule has 130 valence electrons. The molecule has 3 heterocycles. The zero-order valence-electron chi connectivity index (χ0n) is 13.8. The number of guanidine groups is 1. The van der Waals surface area contributed by atoms with Crippen LogP contribution in [-0.2, 0) is 4.74 Å². The summed E-state index contributed by atoms with van der Waals surface area (Å²) in [4.78, 5) is 24.0. The third-order valence-electron chi connectivity index (χ3n) is 4.29. The molecule has 0 unspecified atom stereocenters. The number of aliphatic imine (C=N–C) groups is 1. The monoisotopic (exact) mass is 359 g/mol. The Bertz CT molecular complexity index is 889. The molecule has 25 heavy (non-hydrogen) atoms. The maximum atomic E-state index is 12.6. The fraction of sp³-hybridized carbons (Fsp3) is 0.353. The first-order valence-electron chi connectivity index (χ1n) is 8.15. The molecule has 1 N–H and O–H groups in total. The maximum absolute atomic E-state index is 12.6. The van der Waals surface area contributed by atoms with Crippen molar-refractivity contribution in [1.82, 2.24) is 14.5 Å². The van der Waals surface area contributed by atoms with Gasteiger partial charge in [0, 0.05) is 35.4 Å². The van der Waals surface area contributed by atoms with Gasteiger partial charge in [-0.1, -0.05) is 29.8 Å². The van der Waals surface area contributed by atoms with Crippen molar-refractivity contribution in [1.29, 1.82) is 0 Å². The highest BCUT2D eigenvalue weighted by Gasteiger charge is 2.29. The van der Waals surface area contributed by atoms with Crippen LogP contribution >= 0.6 is 11.6 Å². The largest absolute Gasteiger partial charge is 0.378 e. The van der Waals surface area contributed by atoms with E-state index in [2.05, 4.69) is 15.2 Å². The minimum atomic E-state index is -0.552. The lowest BCUT2D eigenvalue weighted by molar-refractivity contribution is 0.0675. The summed E-state index contributed by atoms with van der Waals surface area (Å²) in [6, 6.07) is 8.93. The number of fused-ring (bicyclic) bond motifs is 1. The first kappa shape index (κ1) is 16.1. The molecular weight excluding hydrogens is 342 g/mol. The summed E-state index contributed by atoms with van der Waals surface area (Å²) in [6.07, 6.45) is -0.552. The van der Waals surface area contributed by atoms with Crippen molar-refractivity contribution in [2.45, 2.75) is 13.1 Å². The number of anilines is 1. The molecule has 0 aliphatic carbocycles. The fourth-order valence-electron chi connectivity index (χ4n) is 3.07. The summed E-state index contributed by atoms with van der Waals surface area (Å²) in [5.41, 5.74) is 1.26. The molecule has 2 aliphatic heterocycles. The van der Waals surface area contributed by atoms with E-state index in [9.17, 15) is 4.79 Å². The van der Waals surface area contributed by atoms with Gasteiger partial charge in [-0.3, -0.25) is 14.7 Å². The number of hydrogen-bond donors (Lipinski definition) is 1. The van der Waals surface area contributed by atoms with E-state index < -0.39 is 6.17 Å². The standard InChI is InChI=1S/C17H18ClN5O2/c1-11-10-14(24)23-15(12-4-2-3-5-13(12)18)20-16(21-17(23)19-11)22-6-8-25-9-7-22/h2-5,10,15H,6-9H2,1H3,(H,19,20,21)/t15-/m1/s1. The molecule has 1 fully saturated rings. The molecule has 2 aromatic rings. The molecule has 1 aromatic carbocycles. The van der Waals surface area contributed by atoms with Crippen LogP contribution in [0.25, 0.3) is 0 Å². The molecule has 1 aromatic heterocycles. The van der Waals surface area contributed by atoms with Gasteiger partial charge in [-0.05, 0) is 13.0 Å². The Hall–Kier alpha value is -2.38. The van der Waals surface area contributed by atoms with Crippen molar-refractivity contribution in [2.75, 3.05) is 31.6 Å². The Morgan fingerprint density at radius 2 is 2.04 bits per heavy atom. The van der Waals surface area contributed by atoms with Crippen LogP contribution in [0.15, 0.2) is 40.1 Å². The van der Waals surface area contributed by atoms with Crippen LogP contribution in [0.1, 0.15) is 17.4 Å². The normalized spacial score (nSPS) is 19.8. The average Bonchev–Trinajstić information content (AvgIpc) is 2.61. The molecule has 2 aliphatic rings. The highest BCUT2D eigenvalue weighted by atomic mass is 35.5. The van der Waals surface area contributed by atoms with E-state index in [4.69, 9.17) is 21.3 Å². The predicted molar refractivity (Wildman–Crippen MR) is 96.3 cm³/mol. The number of nitrogens with zero attached hydrogens (tertiary/aromatic N) is 4. The molecular formula is C17H18ClN5O2. The summed E-state index contributed by atoms with van der Waals surface area (Å²) >= 11 is 6.38. The predicted octanol–water partition coefficient (Wildman–Crippen LogP) is 1.87. The number of benzene rings is 1. The van der Waals surface area contributed by atoms with Gasteiger partial charge in [0.15, 0.2) is 6.17 Å². The minimum Gasteiger partial charge on any atom is -0.378 e. The Labute approximate surface area is 149 Å². The van der Waals surface area contributed by atoms with Crippen molar-refractivity contribution in [3.8, 4) is 0 Å². The van der Waals surface area contributed by atoms with E-state index in [0.29, 0.717) is 35.8 Å². The molecule has 0 saturated carbocycles. The van der Waals surface area contributed by atoms with E-state index in [1.165, 1.54) is 10.6 Å². The Kier molecular flexibility index (Phi) is 4.19. The molecule has 8 heteroatoms. The number of morpholine rings is 1. The van der Waals surface area contributed by atoms with Gasteiger partial charge in [-0.15, -0.1) is 0 Å². The lowest BCUT2D eigenvalue weighted by Gasteiger charge is -2.34. The minimum absolute atomic E-state index is 0.162. The Morgan fingerprint density at radius 1 is 1.28 bits per heavy atom. The van der Waals surface area contributed by atoms with Gasteiger partial charge in [0.2, 0.25) is 11.9 Å². The van der Waals surface area contributed by atoms with Gasteiger partial charge in [-0.2, -0.15) is 0 Å². The SMILES string of the molecule is Cc1cc(=O)n2c(n1)NC(N1CCOCC1)=N[C@H]2c1ccccc1Cl. The Morgan fingerprint density at radius 3 is 2.80 bits per heavy atom. The lowest BCUT2D eigenvalue weighted by atomic mass is 10.1. The quantitative estimate of drug-likeness (QED) is 0.841. The van der Waals surface area contributed by atoms with Crippen LogP contribution in [-0.4, -0.2) is 46.7 Å². The van der Waals surface area contributed by atoms with E-state index in [-0.39, 0.29) is 5.56 Å². The van der Waals surface area contributed by atoms with Crippen molar-refractivity contribution in [2.24, 2.45) is 4.99 Å². The molecule has 0 spiro atoms. The second-order valence-corrected chi connectivity index (χ2v) is 6.41. The number of rotatable bonds is 1. The van der Waals surface area contributed by atoms with Gasteiger partial charge in [0.25, 0.3) is 5.56 Å². The number of ether oxygens (including phenoxy) is 1. The van der Waals surface area contributed by atoms with Crippen molar-refractivity contribution in [3.05, 3.63) is 57.0 Å². The third-order valence-corrected chi connectivity index (χ3v) is 4.63. The highest BCUT2D eigenvalue weighted by Crippen LogP contribution is 2.30. The van der Waals surface area contributed by atoms with Crippen molar-refractivity contribution >= 4 is 23.5 Å². The molecule has 1 saturated heterocycles. The van der Waals surface area contributed by atoms with Crippen molar-refractivity contribution in [3.63, 3.8) is 0 Å². The zero-order valence-corrected chi connectivity index (χ0v) is 14.5. The van der Waals surface area contributed by atoms with Crippen LogP contribution < -0.4 is 10.9 Å². The van der Waals surface area contributed by atoms with E-state index >= 15 is 0 Å². The second kappa shape index (κ2) is 6.50. The number of aromatic nitrogens is 2. The molecule has 1 atom stereocenters. The van der Waals surface area contributed by atoms with E-state index in [1.54, 1.807) is 13.0 Å². The van der Waals surface area contributed by atoms with Gasteiger partial charge in [-0.25, -0.2) is 9.98 Å². The van der Waals surface area contributed by atoms with E-state index in [1.807, 2.05) is 18.2 Å². The third kappa shape index (κ3) is 3.01. The van der Waals surface area contributed by atoms with Crippen LogP contribution in [0.5, 0.6) is 0 Å². The first-order valence-corrected chi connectivity index (χ1v) is 8.53. The second-order valence-electron chi connectivity index (χ2n) is 6.00. The number of hydrogen-bond acceptors (Lipinski definition) is 6. The van der Waals surface area contributed by atoms with Crippen LogP contribution in [0.3, 0.4) is 0 Å². The molecule has 4 rings (SSSR count). The van der Waals surface area contributed by atoms with E-state index in [0.717, 1.165) is 18.7 Å². The molecule has 7 nitrogen and oxygen atoms in total. The number of nitrogens with one attached hydrogen (secondary N) is 1. The number of aryl methyl sites for hydroxylation is 1. The maximum Gasteiger partial charge on any atom is 0.257 e. The lowest BCUT2D eigenvalue weighted by Crippen LogP contribution is -2.47. The summed E-state index contributed by atoms with van der Waals surface area (Å²) < 4.78 is 6.95.